The summed E-state index contributed by atoms with van der Waals surface area (Å²) in [6, 6.07) is -7.80. The molecule has 21 heteroatoms. The maximum absolute atomic E-state index is 12.3. The topological polar surface area (TPSA) is 366 Å². The predicted molar refractivity (Wildman–Crippen MR) is 148 cm³/mol. The van der Waals surface area contributed by atoms with Crippen LogP contribution in [-0.4, -0.2) is 120 Å². The molecule has 0 aliphatic heterocycles. The highest BCUT2D eigenvalue weighted by Crippen LogP contribution is 2.06. The van der Waals surface area contributed by atoms with Crippen molar-refractivity contribution in [1.29, 1.82) is 0 Å². The Kier molecular flexibility index (Phi) is 18.2. The van der Waals surface area contributed by atoms with Crippen molar-refractivity contribution in [3.63, 3.8) is 0 Å². The summed E-state index contributed by atoms with van der Waals surface area (Å²) < 4.78 is 0. The molecule has 21 nitrogen and oxygen atoms in total. The monoisotopic (exact) mass is 663 g/mol. The van der Waals surface area contributed by atoms with Crippen molar-refractivity contribution in [3.05, 3.63) is 0 Å². The molecule has 4 amide bonds. The van der Waals surface area contributed by atoms with Crippen LogP contribution in [0, 0.1) is 0 Å². The van der Waals surface area contributed by atoms with Gasteiger partial charge >= 0.3 is 35.8 Å². The third-order valence-electron chi connectivity index (χ3n) is 6.16. The van der Waals surface area contributed by atoms with Crippen LogP contribution in [-0.2, 0) is 47.9 Å². The van der Waals surface area contributed by atoms with Gasteiger partial charge in [-0.1, -0.05) is 0 Å². The number of nitrogens with one attached hydrogen (secondary N) is 4. The molecule has 0 fully saturated rings. The number of rotatable bonds is 24. The first-order valence-electron chi connectivity index (χ1n) is 13.6. The molecule has 0 aromatic rings. The smallest absolute Gasteiger partial charge is 0.326 e. The number of carboxylic acid groups (broad SMARTS) is 6. The number of nitrogens with two attached hydrogens (primary N) is 1. The van der Waals surface area contributed by atoms with Crippen molar-refractivity contribution < 1.29 is 78.6 Å². The average Bonchev–Trinajstić information content (AvgIpc) is 2.95. The van der Waals surface area contributed by atoms with E-state index in [-0.39, 0.29) is 6.42 Å². The Morgan fingerprint density at radius 1 is 0.391 bits per heavy atom. The number of hydrogen-bond donors (Lipinski definition) is 11. The zero-order valence-electron chi connectivity index (χ0n) is 24.3. The minimum atomic E-state index is -1.67. The quantitative estimate of drug-likeness (QED) is 0.0480. The van der Waals surface area contributed by atoms with Crippen molar-refractivity contribution in [1.82, 2.24) is 21.3 Å². The number of hydrogen-bond acceptors (Lipinski definition) is 11. The van der Waals surface area contributed by atoms with Gasteiger partial charge in [-0.25, -0.2) is 19.2 Å². The number of carboxylic acids is 6. The highest BCUT2D eigenvalue weighted by molar-refractivity contribution is 5.88. The van der Waals surface area contributed by atoms with Gasteiger partial charge in [0, 0.05) is 32.1 Å². The second-order valence-corrected chi connectivity index (χ2v) is 9.87. The molecule has 0 saturated carbocycles. The molecule has 0 aliphatic rings. The summed E-state index contributed by atoms with van der Waals surface area (Å²) in [6.07, 6.45) is -4.98. The van der Waals surface area contributed by atoms with Gasteiger partial charge < -0.3 is 57.6 Å². The average molecular weight is 664 g/mol. The fourth-order valence-corrected chi connectivity index (χ4v) is 3.60. The van der Waals surface area contributed by atoms with Gasteiger partial charge in [-0.15, -0.1) is 0 Å². The second kappa shape index (κ2) is 20.6. The first kappa shape index (κ1) is 40.7. The Hall–Kier alpha value is -5.34. The summed E-state index contributed by atoms with van der Waals surface area (Å²) in [5.41, 5.74) is 5.27. The molecule has 0 spiro atoms. The van der Waals surface area contributed by atoms with Crippen LogP contribution in [0.3, 0.4) is 0 Å². The number of carbonyl (C=O) groups excluding carboxylic acids is 4. The lowest BCUT2D eigenvalue weighted by atomic mass is 10.1. The van der Waals surface area contributed by atoms with Crippen molar-refractivity contribution in [2.45, 2.75) is 94.4 Å². The largest absolute Gasteiger partial charge is 0.481 e. The van der Waals surface area contributed by atoms with Crippen molar-refractivity contribution in [2.75, 3.05) is 0 Å². The lowest BCUT2D eigenvalue weighted by Crippen LogP contribution is -2.45. The molecule has 258 valence electrons. The van der Waals surface area contributed by atoms with Crippen LogP contribution in [0.4, 0.5) is 0 Å². The molecule has 0 unspecified atom stereocenters. The summed E-state index contributed by atoms with van der Waals surface area (Å²) in [6.45, 7) is 0. The SMILES string of the molecule is N[C@@H](CCC(=O)N[C@@H](CCC(=O)N[C@@H](CCC(=O)N[C@@H](CCC(=O)N[C@@H](CCC(=O)O)C(=O)O)C(=O)O)C(=O)O)C(=O)O)C(=O)O. The molecule has 0 aliphatic carbocycles. The zero-order valence-corrected chi connectivity index (χ0v) is 24.3. The minimum absolute atomic E-state index is 0.284. The van der Waals surface area contributed by atoms with Crippen molar-refractivity contribution in [3.8, 4) is 0 Å². The van der Waals surface area contributed by atoms with Gasteiger partial charge in [0.1, 0.15) is 30.2 Å². The van der Waals surface area contributed by atoms with E-state index >= 15 is 0 Å². The van der Waals surface area contributed by atoms with Crippen LogP contribution in [0.5, 0.6) is 0 Å². The predicted octanol–water partition coefficient (Wildman–Crippen LogP) is -3.34. The summed E-state index contributed by atoms with van der Waals surface area (Å²) in [7, 11) is 0. The van der Waals surface area contributed by atoms with E-state index in [1.54, 1.807) is 0 Å². The van der Waals surface area contributed by atoms with Gasteiger partial charge in [0.05, 0.1) is 0 Å². The van der Waals surface area contributed by atoms with Crippen LogP contribution >= 0.6 is 0 Å². The molecule has 0 bridgehead atoms. The molecular formula is C25H37N5O16. The molecule has 0 saturated heterocycles. The lowest BCUT2D eigenvalue weighted by molar-refractivity contribution is -0.144. The van der Waals surface area contributed by atoms with E-state index in [1.807, 2.05) is 5.32 Å². The molecule has 46 heavy (non-hydrogen) atoms. The van der Waals surface area contributed by atoms with E-state index in [0.717, 1.165) is 0 Å². The van der Waals surface area contributed by atoms with Crippen LogP contribution in [0.15, 0.2) is 0 Å². The zero-order chi connectivity index (χ0) is 35.6. The molecular weight excluding hydrogens is 626 g/mol. The molecule has 12 N–H and O–H groups in total. The third kappa shape index (κ3) is 17.7. The van der Waals surface area contributed by atoms with E-state index in [9.17, 15) is 63.3 Å². The van der Waals surface area contributed by atoms with E-state index in [1.165, 1.54) is 0 Å². The summed E-state index contributed by atoms with van der Waals surface area (Å²) in [5.74, 6) is -12.6. The van der Waals surface area contributed by atoms with Crippen LogP contribution < -0.4 is 27.0 Å². The standard InChI is InChI=1S/C25H37N5O16/c26-11(21(37)38)1-6-16(31)27-12(22(39)40)2-7-17(32)28-13(23(41)42)3-8-18(33)29-14(24(43)44)4-9-19(34)30-15(25(45)46)5-10-20(35)36/h11-15H,1-10,26H2,(H,27,31)(H,28,32)(H,29,33)(H,30,34)(H,35,36)(H,37,38)(H,39,40)(H,41,42)(H,43,44)(H,45,46)/t11-,12-,13-,14-,15-/m0/s1. The molecule has 0 heterocycles. The Bertz CT molecular complexity index is 1180. The fraction of sp³-hybridized carbons (Fsp3) is 0.600. The van der Waals surface area contributed by atoms with Gasteiger partial charge in [0.15, 0.2) is 0 Å². The highest BCUT2D eigenvalue weighted by atomic mass is 16.4. The normalized spacial score (nSPS) is 13.8. The summed E-state index contributed by atoms with van der Waals surface area (Å²) >= 11 is 0. The van der Waals surface area contributed by atoms with Crippen LogP contribution in [0.2, 0.25) is 0 Å². The summed E-state index contributed by atoms with van der Waals surface area (Å²) in [4.78, 5) is 116. The van der Waals surface area contributed by atoms with E-state index in [0.29, 0.717) is 0 Å². The van der Waals surface area contributed by atoms with Gasteiger partial charge in [-0.05, 0) is 32.1 Å². The van der Waals surface area contributed by atoms with E-state index < -0.39 is 147 Å². The van der Waals surface area contributed by atoms with Gasteiger partial charge in [-0.3, -0.25) is 28.8 Å². The van der Waals surface area contributed by atoms with Crippen molar-refractivity contribution >= 4 is 59.4 Å². The maximum atomic E-state index is 12.3. The molecule has 0 aromatic carbocycles. The Morgan fingerprint density at radius 3 is 0.848 bits per heavy atom. The van der Waals surface area contributed by atoms with Crippen molar-refractivity contribution in [2.24, 2.45) is 5.73 Å². The van der Waals surface area contributed by atoms with Crippen LogP contribution in [0.25, 0.3) is 0 Å². The first-order chi connectivity index (χ1) is 21.3. The van der Waals surface area contributed by atoms with Gasteiger partial charge in [0.25, 0.3) is 0 Å². The van der Waals surface area contributed by atoms with Gasteiger partial charge in [0.2, 0.25) is 23.6 Å². The molecule has 5 atom stereocenters. The maximum Gasteiger partial charge on any atom is 0.326 e. The number of carbonyl (C=O) groups is 10. The fourth-order valence-electron chi connectivity index (χ4n) is 3.60. The third-order valence-corrected chi connectivity index (χ3v) is 6.16. The lowest BCUT2D eigenvalue weighted by Gasteiger charge is -2.18. The highest BCUT2D eigenvalue weighted by Gasteiger charge is 2.27. The van der Waals surface area contributed by atoms with E-state index in [2.05, 4.69) is 16.0 Å². The molecule has 0 aromatic heterocycles. The Labute approximate surface area is 259 Å². The number of amides is 4. The minimum Gasteiger partial charge on any atom is -0.481 e. The number of aliphatic carboxylic acids is 6. The first-order valence-corrected chi connectivity index (χ1v) is 13.6. The Morgan fingerprint density at radius 2 is 0.630 bits per heavy atom. The molecule has 0 rings (SSSR count). The van der Waals surface area contributed by atoms with Crippen LogP contribution in [0.1, 0.15) is 64.2 Å². The van der Waals surface area contributed by atoms with Gasteiger partial charge in [-0.2, -0.15) is 0 Å². The second-order valence-electron chi connectivity index (χ2n) is 9.87. The summed E-state index contributed by atoms with van der Waals surface area (Å²) in [5, 5.41) is 62.8. The molecule has 0 radical (unpaired) electrons. The van der Waals surface area contributed by atoms with E-state index in [4.69, 9.17) is 21.1 Å². The Balaban J connectivity index is 4.92.